The van der Waals surface area contributed by atoms with Gasteiger partial charge in [-0.25, -0.2) is 0 Å². The van der Waals surface area contributed by atoms with Crippen LogP contribution < -0.4 is 0 Å². The van der Waals surface area contributed by atoms with E-state index in [2.05, 4.69) is 38.2 Å². The van der Waals surface area contributed by atoms with Crippen molar-refractivity contribution in [2.45, 2.75) is 78.1 Å². The van der Waals surface area contributed by atoms with Crippen molar-refractivity contribution in [1.82, 2.24) is 0 Å². The number of rotatable bonds is 17. The van der Waals surface area contributed by atoms with Crippen molar-refractivity contribution in [3.8, 4) is 0 Å². The molecule has 0 aromatic rings. The molecule has 0 saturated carbocycles. The Balaban J connectivity index is 3.47. The molecule has 0 atom stereocenters. The molecule has 0 rings (SSSR count). The molecule has 0 aromatic carbocycles. The molecule has 0 unspecified atom stereocenters. The molecule has 4 nitrogen and oxygen atoms in total. The first-order valence-electron chi connectivity index (χ1n) is 10.6. The summed E-state index contributed by atoms with van der Waals surface area (Å²) in [6.45, 7) is 4.48. The van der Waals surface area contributed by atoms with Gasteiger partial charge in [-0.1, -0.05) is 62.5 Å². The third kappa shape index (κ3) is 20.2. The van der Waals surface area contributed by atoms with Crippen LogP contribution >= 0.6 is 0 Å². The first kappa shape index (κ1) is 25.9. The molecule has 0 amide bonds. The molecule has 4 heteroatoms. The number of allylic oxidation sites excluding steroid dienone is 8. The van der Waals surface area contributed by atoms with Crippen LogP contribution in [-0.2, 0) is 19.1 Å². The molecule has 0 fully saturated rings. The number of ether oxygens (including phenoxy) is 2. The van der Waals surface area contributed by atoms with Crippen molar-refractivity contribution >= 4 is 11.9 Å². The molecular formula is C24H38O4. The largest absolute Gasteiger partial charge is 0.462 e. The summed E-state index contributed by atoms with van der Waals surface area (Å²) in [4.78, 5) is 23.2. The van der Waals surface area contributed by atoms with Crippen LogP contribution in [0.2, 0.25) is 0 Å². The lowest BCUT2D eigenvalue weighted by atomic mass is 10.2. The van der Waals surface area contributed by atoms with Crippen molar-refractivity contribution in [2.75, 3.05) is 13.2 Å². The molecule has 0 bridgehead atoms. The van der Waals surface area contributed by atoms with E-state index in [1.54, 1.807) is 0 Å². The second-order valence-electron chi connectivity index (χ2n) is 6.46. The summed E-state index contributed by atoms with van der Waals surface area (Å²) in [7, 11) is 0. The number of carbonyl (C=O) groups excluding carboxylic acids is 2. The maximum absolute atomic E-state index is 11.6. The Hall–Kier alpha value is -2.10. The lowest BCUT2D eigenvalue weighted by molar-refractivity contribution is -0.152. The molecule has 0 aromatic heterocycles. The highest BCUT2D eigenvalue weighted by atomic mass is 16.6. The molecule has 0 heterocycles. The van der Waals surface area contributed by atoms with Gasteiger partial charge in [-0.15, -0.1) is 0 Å². The molecule has 0 aliphatic rings. The number of esters is 2. The Bertz CT molecular complexity index is 455. The smallest absolute Gasteiger partial charge is 0.305 e. The number of hydrogen-bond acceptors (Lipinski definition) is 4. The lowest BCUT2D eigenvalue weighted by Crippen LogP contribution is -2.13. The molecule has 0 aliphatic carbocycles. The third-order valence-corrected chi connectivity index (χ3v) is 3.85. The summed E-state index contributed by atoms with van der Waals surface area (Å²) < 4.78 is 10.2. The van der Waals surface area contributed by atoms with E-state index in [1.807, 2.05) is 24.3 Å². The number of unbranched alkanes of at least 4 members (excludes halogenated alkanes) is 4. The quantitative estimate of drug-likeness (QED) is 0.168. The lowest BCUT2D eigenvalue weighted by Gasteiger charge is -2.06. The zero-order chi connectivity index (χ0) is 20.7. The van der Waals surface area contributed by atoms with E-state index in [-0.39, 0.29) is 25.2 Å². The van der Waals surface area contributed by atoms with Crippen LogP contribution in [0.1, 0.15) is 78.1 Å². The van der Waals surface area contributed by atoms with Crippen molar-refractivity contribution in [2.24, 2.45) is 0 Å². The van der Waals surface area contributed by atoms with Gasteiger partial charge in [0.05, 0.1) is 0 Å². The first-order valence-corrected chi connectivity index (χ1v) is 10.6. The van der Waals surface area contributed by atoms with Gasteiger partial charge in [0.2, 0.25) is 0 Å². The van der Waals surface area contributed by atoms with Gasteiger partial charge >= 0.3 is 11.9 Å². The van der Waals surface area contributed by atoms with Crippen molar-refractivity contribution in [3.63, 3.8) is 0 Å². The minimum atomic E-state index is -0.227. The average molecular weight is 391 g/mol. The molecular weight excluding hydrogens is 352 g/mol. The monoisotopic (exact) mass is 390 g/mol. The fraction of sp³-hybridized carbons (Fsp3) is 0.583. The molecule has 0 N–H and O–H groups in total. The summed E-state index contributed by atoms with van der Waals surface area (Å²) in [5, 5.41) is 0. The Kier molecular flexibility index (Phi) is 19.6. The van der Waals surface area contributed by atoms with Crippen LogP contribution in [-0.4, -0.2) is 25.2 Å². The van der Waals surface area contributed by atoms with Crippen LogP contribution in [0.3, 0.4) is 0 Å². The van der Waals surface area contributed by atoms with Gasteiger partial charge in [-0.3, -0.25) is 9.59 Å². The van der Waals surface area contributed by atoms with Gasteiger partial charge < -0.3 is 9.47 Å². The Morgan fingerprint density at radius 2 is 1.00 bits per heavy atom. The third-order valence-electron chi connectivity index (χ3n) is 3.85. The summed E-state index contributed by atoms with van der Waals surface area (Å²) in [5.41, 5.74) is 0. The van der Waals surface area contributed by atoms with E-state index >= 15 is 0 Å². The van der Waals surface area contributed by atoms with Gasteiger partial charge in [0.15, 0.2) is 0 Å². The molecule has 28 heavy (non-hydrogen) atoms. The fourth-order valence-electron chi connectivity index (χ4n) is 2.30. The highest BCUT2D eigenvalue weighted by Crippen LogP contribution is 2.04. The van der Waals surface area contributed by atoms with Crippen LogP contribution in [0.25, 0.3) is 0 Å². The SMILES string of the molecule is CCC=CC=CCCCCC(=O)OCCOC(=O)CCCCC=CC=CCC. The van der Waals surface area contributed by atoms with Gasteiger partial charge in [-0.2, -0.15) is 0 Å². The first-order chi connectivity index (χ1) is 13.7. The maximum Gasteiger partial charge on any atom is 0.305 e. The standard InChI is InChI=1S/C24H38O4/c1-3-5-7-9-11-13-15-17-19-23(25)27-21-22-28-24(26)20-18-16-14-12-10-8-6-4-2/h5-12H,3-4,13-22H2,1-2H3. The topological polar surface area (TPSA) is 52.6 Å². The Morgan fingerprint density at radius 1 is 0.607 bits per heavy atom. The van der Waals surface area contributed by atoms with Gasteiger partial charge in [0.25, 0.3) is 0 Å². The van der Waals surface area contributed by atoms with E-state index in [0.717, 1.165) is 51.4 Å². The Labute approximate surface area is 171 Å². The molecule has 0 saturated heterocycles. The number of carbonyl (C=O) groups is 2. The predicted octanol–water partition coefficient (Wildman–Crippen LogP) is 6.24. The second kappa shape index (κ2) is 21.2. The molecule has 0 radical (unpaired) electrons. The second-order valence-corrected chi connectivity index (χ2v) is 6.46. The predicted molar refractivity (Wildman–Crippen MR) is 116 cm³/mol. The van der Waals surface area contributed by atoms with E-state index in [0.29, 0.717) is 12.8 Å². The van der Waals surface area contributed by atoms with Crippen molar-refractivity contribution in [3.05, 3.63) is 48.6 Å². The van der Waals surface area contributed by atoms with Gasteiger partial charge in [-0.05, 0) is 51.4 Å². The zero-order valence-corrected chi connectivity index (χ0v) is 17.7. The highest BCUT2D eigenvalue weighted by Gasteiger charge is 2.05. The summed E-state index contributed by atoms with van der Waals surface area (Å²) in [5.74, 6) is -0.454. The molecule has 0 aliphatic heterocycles. The van der Waals surface area contributed by atoms with E-state index < -0.39 is 0 Å². The minimum absolute atomic E-state index is 0.138. The summed E-state index contributed by atoms with van der Waals surface area (Å²) in [6, 6.07) is 0. The molecule has 158 valence electrons. The summed E-state index contributed by atoms with van der Waals surface area (Å²) in [6.07, 6.45) is 25.0. The van der Waals surface area contributed by atoms with Crippen LogP contribution in [0, 0.1) is 0 Å². The van der Waals surface area contributed by atoms with E-state index in [1.165, 1.54) is 0 Å². The maximum atomic E-state index is 11.6. The zero-order valence-electron chi connectivity index (χ0n) is 17.7. The van der Waals surface area contributed by atoms with Crippen molar-refractivity contribution < 1.29 is 19.1 Å². The normalized spacial score (nSPS) is 11.9. The number of hydrogen-bond donors (Lipinski definition) is 0. The van der Waals surface area contributed by atoms with Crippen LogP contribution in [0.15, 0.2) is 48.6 Å². The van der Waals surface area contributed by atoms with E-state index in [4.69, 9.17) is 9.47 Å². The van der Waals surface area contributed by atoms with Gasteiger partial charge in [0.1, 0.15) is 13.2 Å². The Morgan fingerprint density at radius 3 is 1.39 bits per heavy atom. The molecule has 0 spiro atoms. The van der Waals surface area contributed by atoms with Gasteiger partial charge in [0, 0.05) is 12.8 Å². The highest BCUT2D eigenvalue weighted by molar-refractivity contribution is 5.70. The van der Waals surface area contributed by atoms with Crippen molar-refractivity contribution in [1.29, 1.82) is 0 Å². The summed E-state index contributed by atoms with van der Waals surface area (Å²) >= 11 is 0. The average Bonchev–Trinajstić information content (AvgIpc) is 2.69. The minimum Gasteiger partial charge on any atom is -0.462 e. The van der Waals surface area contributed by atoms with Crippen LogP contribution in [0.5, 0.6) is 0 Å². The van der Waals surface area contributed by atoms with Crippen LogP contribution in [0.4, 0.5) is 0 Å². The van der Waals surface area contributed by atoms with E-state index in [9.17, 15) is 9.59 Å². The fourth-order valence-corrected chi connectivity index (χ4v) is 2.30.